The van der Waals surface area contributed by atoms with Gasteiger partial charge in [0.05, 0.1) is 0 Å². The van der Waals surface area contributed by atoms with Gasteiger partial charge in [-0.05, 0) is 36.7 Å². The van der Waals surface area contributed by atoms with Crippen LogP contribution in [0.4, 0.5) is 0 Å². The molecule has 0 radical (unpaired) electrons. The predicted molar refractivity (Wildman–Crippen MR) is 73.9 cm³/mol. The topological polar surface area (TPSA) is 26.0 Å². The molecule has 2 rings (SSSR count). The zero-order valence-corrected chi connectivity index (χ0v) is 11.2. The van der Waals surface area contributed by atoms with Crippen molar-refractivity contribution in [2.24, 2.45) is 17.6 Å². The van der Waals surface area contributed by atoms with E-state index in [0.717, 1.165) is 18.3 Å². The minimum Gasteiger partial charge on any atom is -0.325 e. The van der Waals surface area contributed by atoms with Gasteiger partial charge >= 0.3 is 0 Å². The van der Waals surface area contributed by atoms with Gasteiger partial charge in [0.25, 0.3) is 0 Å². The first-order valence-electron chi connectivity index (χ1n) is 6.92. The lowest BCUT2D eigenvalue weighted by molar-refractivity contribution is 0.182. The summed E-state index contributed by atoms with van der Waals surface area (Å²) >= 11 is 0. The highest BCUT2D eigenvalue weighted by atomic mass is 14.7. The van der Waals surface area contributed by atoms with Gasteiger partial charge in [-0.15, -0.1) is 0 Å². The summed E-state index contributed by atoms with van der Waals surface area (Å²) in [6, 6.07) is 10.7. The Kier molecular flexibility index (Phi) is 3.88. The third kappa shape index (κ3) is 3.32. The summed E-state index contributed by atoms with van der Waals surface area (Å²) in [7, 11) is 0. The summed E-state index contributed by atoms with van der Waals surface area (Å²) in [6.45, 7) is 4.66. The molecule has 1 nitrogen and oxygen atoms in total. The summed E-state index contributed by atoms with van der Waals surface area (Å²) in [4.78, 5) is 0. The Morgan fingerprint density at radius 2 is 2.00 bits per heavy atom. The number of rotatable bonds is 3. The van der Waals surface area contributed by atoms with Crippen molar-refractivity contribution >= 4 is 0 Å². The van der Waals surface area contributed by atoms with Gasteiger partial charge in [-0.1, -0.05) is 57.0 Å². The molecule has 1 aliphatic rings. The van der Waals surface area contributed by atoms with Crippen LogP contribution < -0.4 is 5.73 Å². The molecule has 0 bridgehead atoms. The van der Waals surface area contributed by atoms with Crippen LogP contribution >= 0.6 is 0 Å². The van der Waals surface area contributed by atoms with Crippen molar-refractivity contribution in [2.75, 3.05) is 0 Å². The molecule has 0 saturated heterocycles. The van der Waals surface area contributed by atoms with E-state index in [4.69, 9.17) is 5.73 Å². The molecule has 17 heavy (non-hydrogen) atoms. The molecule has 2 atom stereocenters. The maximum atomic E-state index is 6.62. The molecule has 2 unspecified atom stereocenters. The summed E-state index contributed by atoms with van der Waals surface area (Å²) < 4.78 is 0. The van der Waals surface area contributed by atoms with Crippen LogP contribution in [-0.4, -0.2) is 5.54 Å². The Labute approximate surface area is 105 Å². The van der Waals surface area contributed by atoms with Gasteiger partial charge in [0, 0.05) is 5.54 Å². The SMILES string of the molecule is CC(C)C1CCCC(N)(Cc2ccccc2)C1. The largest absolute Gasteiger partial charge is 0.325 e. The molecule has 0 heterocycles. The van der Waals surface area contributed by atoms with Gasteiger partial charge in [0.2, 0.25) is 0 Å². The van der Waals surface area contributed by atoms with E-state index in [1.807, 2.05) is 0 Å². The van der Waals surface area contributed by atoms with Crippen LogP contribution in [0.15, 0.2) is 30.3 Å². The summed E-state index contributed by atoms with van der Waals surface area (Å²) in [6.07, 6.45) is 6.08. The van der Waals surface area contributed by atoms with Crippen LogP contribution in [0.2, 0.25) is 0 Å². The van der Waals surface area contributed by atoms with Crippen molar-refractivity contribution in [1.82, 2.24) is 0 Å². The first kappa shape index (κ1) is 12.6. The lowest BCUT2D eigenvalue weighted by Crippen LogP contribution is -2.47. The number of nitrogens with two attached hydrogens (primary N) is 1. The minimum absolute atomic E-state index is 0.0363. The van der Waals surface area contributed by atoms with Crippen LogP contribution in [0.1, 0.15) is 45.1 Å². The third-order valence-corrected chi connectivity index (χ3v) is 4.26. The monoisotopic (exact) mass is 231 g/mol. The molecular formula is C16H25N. The van der Waals surface area contributed by atoms with Crippen LogP contribution in [0, 0.1) is 11.8 Å². The highest BCUT2D eigenvalue weighted by Crippen LogP contribution is 2.36. The second-order valence-electron chi connectivity index (χ2n) is 6.13. The quantitative estimate of drug-likeness (QED) is 0.842. The van der Waals surface area contributed by atoms with Gasteiger partial charge in [-0.3, -0.25) is 0 Å². The van der Waals surface area contributed by atoms with Crippen LogP contribution in [0.25, 0.3) is 0 Å². The molecule has 0 amide bonds. The first-order chi connectivity index (χ1) is 8.09. The van der Waals surface area contributed by atoms with E-state index >= 15 is 0 Å². The lowest BCUT2D eigenvalue weighted by atomic mass is 9.70. The normalized spacial score (nSPS) is 29.5. The fraction of sp³-hybridized carbons (Fsp3) is 0.625. The summed E-state index contributed by atoms with van der Waals surface area (Å²) in [5, 5.41) is 0. The Balaban J connectivity index is 2.03. The molecule has 1 saturated carbocycles. The van der Waals surface area contributed by atoms with E-state index in [-0.39, 0.29) is 5.54 Å². The van der Waals surface area contributed by atoms with Crippen molar-refractivity contribution in [3.8, 4) is 0 Å². The molecule has 1 heteroatoms. The molecule has 94 valence electrons. The number of hydrogen-bond donors (Lipinski definition) is 1. The van der Waals surface area contributed by atoms with Crippen molar-refractivity contribution in [3.05, 3.63) is 35.9 Å². The molecule has 2 N–H and O–H groups in total. The van der Waals surface area contributed by atoms with Gasteiger partial charge in [0.1, 0.15) is 0 Å². The van der Waals surface area contributed by atoms with Gasteiger partial charge in [0.15, 0.2) is 0 Å². The molecule has 1 fully saturated rings. The van der Waals surface area contributed by atoms with Crippen molar-refractivity contribution in [3.63, 3.8) is 0 Å². The minimum atomic E-state index is 0.0363. The molecular weight excluding hydrogens is 206 g/mol. The fourth-order valence-corrected chi connectivity index (χ4v) is 3.17. The first-order valence-corrected chi connectivity index (χ1v) is 6.92. The van der Waals surface area contributed by atoms with Crippen LogP contribution in [-0.2, 0) is 6.42 Å². The van der Waals surface area contributed by atoms with Gasteiger partial charge < -0.3 is 5.73 Å². The van der Waals surface area contributed by atoms with Crippen molar-refractivity contribution < 1.29 is 0 Å². The second kappa shape index (κ2) is 5.22. The van der Waals surface area contributed by atoms with E-state index in [1.54, 1.807) is 0 Å². The van der Waals surface area contributed by atoms with Crippen molar-refractivity contribution in [2.45, 2.75) is 51.5 Å². The van der Waals surface area contributed by atoms with Crippen LogP contribution in [0.3, 0.4) is 0 Å². The van der Waals surface area contributed by atoms with E-state index in [1.165, 1.54) is 31.2 Å². The Morgan fingerprint density at radius 1 is 1.29 bits per heavy atom. The predicted octanol–water partition coefficient (Wildman–Crippen LogP) is 3.77. The Hall–Kier alpha value is -0.820. The maximum absolute atomic E-state index is 6.62. The zero-order chi connectivity index (χ0) is 12.3. The highest BCUT2D eigenvalue weighted by molar-refractivity contribution is 5.18. The molecule has 1 aromatic rings. The lowest BCUT2D eigenvalue weighted by Gasteiger charge is -2.40. The average molecular weight is 231 g/mol. The molecule has 0 aromatic heterocycles. The highest BCUT2D eigenvalue weighted by Gasteiger charge is 2.33. The fourth-order valence-electron chi connectivity index (χ4n) is 3.17. The maximum Gasteiger partial charge on any atom is 0.0197 e. The van der Waals surface area contributed by atoms with Crippen molar-refractivity contribution in [1.29, 1.82) is 0 Å². The summed E-state index contributed by atoms with van der Waals surface area (Å²) in [5.74, 6) is 1.59. The third-order valence-electron chi connectivity index (χ3n) is 4.26. The Morgan fingerprint density at radius 3 is 2.65 bits per heavy atom. The standard InChI is InChI=1S/C16H25N/c1-13(2)15-9-6-10-16(17,12-15)11-14-7-4-3-5-8-14/h3-5,7-8,13,15H,6,9-12,17H2,1-2H3. The van der Waals surface area contributed by atoms with E-state index in [2.05, 4.69) is 44.2 Å². The Bertz CT molecular complexity index is 344. The van der Waals surface area contributed by atoms with Gasteiger partial charge in [-0.2, -0.15) is 0 Å². The second-order valence-corrected chi connectivity index (χ2v) is 6.13. The van der Waals surface area contributed by atoms with Gasteiger partial charge in [-0.25, -0.2) is 0 Å². The van der Waals surface area contributed by atoms with Crippen LogP contribution in [0.5, 0.6) is 0 Å². The zero-order valence-electron chi connectivity index (χ0n) is 11.2. The van der Waals surface area contributed by atoms with E-state index in [0.29, 0.717) is 0 Å². The number of benzene rings is 1. The molecule has 1 aromatic carbocycles. The molecule has 1 aliphatic carbocycles. The molecule has 0 spiro atoms. The smallest absolute Gasteiger partial charge is 0.0197 e. The van der Waals surface area contributed by atoms with E-state index in [9.17, 15) is 0 Å². The molecule has 0 aliphatic heterocycles. The van der Waals surface area contributed by atoms with E-state index < -0.39 is 0 Å². The summed E-state index contributed by atoms with van der Waals surface area (Å²) in [5.41, 5.74) is 8.04. The average Bonchev–Trinajstić information content (AvgIpc) is 2.29. The number of hydrogen-bond acceptors (Lipinski definition) is 1.